The van der Waals surface area contributed by atoms with Crippen LogP contribution in [0.25, 0.3) is 22.2 Å². The van der Waals surface area contributed by atoms with Crippen molar-refractivity contribution in [3.05, 3.63) is 35.7 Å². The van der Waals surface area contributed by atoms with E-state index in [9.17, 15) is 4.39 Å². The Bertz CT molecular complexity index is 680. The summed E-state index contributed by atoms with van der Waals surface area (Å²) in [5.41, 5.74) is 8.19. The Morgan fingerprint density at radius 1 is 1.33 bits per heavy atom. The predicted molar refractivity (Wildman–Crippen MR) is 65.2 cm³/mol. The summed E-state index contributed by atoms with van der Waals surface area (Å²) in [5.74, 6) is 0.198. The van der Waals surface area contributed by atoms with Crippen LogP contribution < -0.4 is 5.73 Å². The average Bonchev–Trinajstić information content (AvgIpc) is 3.00. The molecule has 0 radical (unpaired) electrons. The van der Waals surface area contributed by atoms with E-state index in [1.54, 1.807) is 11.7 Å². The summed E-state index contributed by atoms with van der Waals surface area (Å²) >= 11 is 1.39. The molecule has 1 aromatic carbocycles. The Kier molecular flexibility index (Phi) is 2.52. The van der Waals surface area contributed by atoms with E-state index in [0.29, 0.717) is 17.1 Å². The molecule has 3 aromatic rings. The van der Waals surface area contributed by atoms with Gasteiger partial charge in [0.25, 0.3) is 5.89 Å². The first kappa shape index (κ1) is 10.8. The van der Waals surface area contributed by atoms with Gasteiger partial charge in [-0.25, -0.2) is 4.39 Å². The fraction of sp³-hybridized carbons (Fsp3) is 0. The summed E-state index contributed by atoms with van der Waals surface area (Å²) in [6.45, 7) is 0. The lowest BCUT2D eigenvalue weighted by Gasteiger charge is -1.99. The van der Waals surface area contributed by atoms with Crippen LogP contribution in [0.5, 0.6) is 0 Å². The molecule has 0 saturated heterocycles. The highest BCUT2D eigenvalue weighted by Gasteiger charge is 2.14. The van der Waals surface area contributed by atoms with Crippen LogP contribution >= 0.6 is 11.3 Å². The van der Waals surface area contributed by atoms with Crippen molar-refractivity contribution in [1.29, 1.82) is 0 Å². The van der Waals surface area contributed by atoms with Crippen LogP contribution in [0.3, 0.4) is 0 Å². The Morgan fingerprint density at radius 2 is 2.22 bits per heavy atom. The van der Waals surface area contributed by atoms with Gasteiger partial charge in [0.1, 0.15) is 5.82 Å². The maximum Gasteiger partial charge on any atom is 0.260 e. The number of rotatable bonds is 2. The lowest BCUT2D eigenvalue weighted by Crippen LogP contribution is -1.91. The zero-order chi connectivity index (χ0) is 12.5. The summed E-state index contributed by atoms with van der Waals surface area (Å²) in [4.78, 5) is 8.87. The highest BCUT2D eigenvalue weighted by atomic mass is 32.1. The molecule has 7 heteroatoms. The van der Waals surface area contributed by atoms with E-state index >= 15 is 0 Å². The van der Waals surface area contributed by atoms with Crippen LogP contribution in [0.15, 0.2) is 34.4 Å². The van der Waals surface area contributed by atoms with Crippen molar-refractivity contribution < 1.29 is 8.91 Å². The zero-order valence-corrected chi connectivity index (χ0v) is 9.82. The number of nitrogen functional groups attached to an aromatic ring is 1. The molecule has 0 spiro atoms. The molecule has 0 aliphatic rings. The molecule has 0 fully saturated rings. The standard InChI is InChI=1S/C11H7FN4OS/c12-6-1-2-8(13)7(3-6)11-15-10(16-17-11)9-4-14-5-18-9/h1-5H,13H2. The number of anilines is 1. The summed E-state index contributed by atoms with van der Waals surface area (Å²) in [5, 5.41) is 3.81. The van der Waals surface area contributed by atoms with E-state index in [1.807, 2.05) is 0 Å². The molecule has 0 saturated carbocycles. The fourth-order valence-corrected chi connectivity index (χ4v) is 2.02. The van der Waals surface area contributed by atoms with Crippen LogP contribution in [0.4, 0.5) is 10.1 Å². The van der Waals surface area contributed by atoms with Crippen molar-refractivity contribution in [2.45, 2.75) is 0 Å². The van der Waals surface area contributed by atoms with Crippen molar-refractivity contribution in [2.75, 3.05) is 5.73 Å². The van der Waals surface area contributed by atoms with E-state index in [1.165, 1.54) is 29.5 Å². The first-order chi connectivity index (χ1) is 8.74. The maximum atomic E-state index is 13.2. The molecule has 0 bridgehead atoms. The van der Waals surface area contributed by atoms with Crippen molar-refractivity contribution in [3.63, 3.8) is 0 Å². The van der Waals surface area contributed by atoms with Gasteiger partial charge in [0, 0.05) is 11.9 Å². The van der Waals surface area contributed by atoms with Gasteiger partial charge in [-0.1, -0.05) is 5.16 Å². The molecule has 0 amide bonds. The van der Waals surface area contributed by atoms with Crippen LogP contribution in [0.2, 0.25) is 0 Å². The largest absolute Gasteiger partial charge is 0.398 e. The summed E-state index contributed by atoms with van der Waals surface area (Å²) in [6.07, 6.45) is 1.63. The maximum absolute atomic E-state index is 13.2. The summed E-state index contributed by atoms with van der Waals surface area (Å²) in [6, 6.07) is 4.00. The number of aromatic nitrogens is 3. The Labute approximate surface area is 105 Å². The highest BCUT2D eigenvalue weighted by Crippen LogP contribution is 2.28. The van der Waals surface area contributed by atoms with Crippen molar-refractivity contribution in [2.24, 2.45) is 0 Å². The minimum atomic E-state index is -0.406. The zero-order valence-electron chi connectivity index (χ0n) is 9.00. The van der Waals surface area contributed by atoms with Crippen molar-refractivity contribution >= 4 is 17.0 Å². The second kappa shape index (κ2) is 4.19. The second-order valence-electron chi connectivity index (χ2n) is 3.52. The number of nitrogens with two attached hydrogens (primary N) is 1. The SMILES string of the molecule is Nc1ccc(F)cc1-c1nc(-c2cncs2)no1. The Balaban J connectivity index is 2.05. The van der Waals surface area contributed by atoms with E-state index < -0.39 is 5.82 Å². The summed E-state index contributed by atoms with van der Waals surface area (Å²) < 4.78 is 18.2. The molecule has 3 rings (SSSR count). The number of halogens is 1. The molecule has 2 aromatic heterocycles. The van der Waals surface area contributed by atoms with Gasteiger partial charge in [-0.05, 0) is 18.2 Å². The number of benzene rings is 1. The normalized spacial score (nSPS) is 10.7. The van der Waals surface area contributed by atoms with Crippen LogP contribution in [0.1, 0.15) is 0 Å². The van der Waals surface area contributed by atoms with Gasteiger partial charge in [-0.2, -0.15) is 4.98 Å². The number of hydrogen-bond donors (Lipinski definition) is 1. The molecule has 0 aliphatic carbocycles. The van der Waals surface area contributed by atoms with Gasteiger partial charge in [0.15, 0.2) is 0 Å². The molecule has 18 heavy (non-hydrogen) atoms. The monoisotopic (exact) mass is 262 g/mol. The lowest BCUT2D eigenvalue weighted by molar-refractivity contribution is 0.432. The van der Waals surface area contributed by atoms with Gasteiger partial charge < -0.3 is 10.3 Å². The highest BCUT2D eigenvalue weighted by molar-refractivity contribution is 7.13. The third-order valence-electron chi connectivity index (χ3n) is 2.32. The first-order valence-corrected chi connectivity index (χ1v) is 5.90. The minimum Gasteiger partial charge on any atom is -0.398 e. The van der Waals surface area contributed by atoms with E-state index in [2.05, 4.69) is 15.1 Å². The molecule has 0 aliphatic heterocycles. The third kappa shape index (κ3) is 1.84. The molecule has 2 heterocycles. The fourth-order valence-electron chi connectivity index (χ4n) is 1.47. The molecular formula is C11H7FN4OS. The predicted octanol–water partition coefficient (Wildman–Crippen LogP) is 2.58. The van der Waals surface area contributed by atoms with Gasteiger partial charge in [-0.15, -0.1) is 11.3 Å². The van der Waals surface area contributed by atoms with E-state index in [0.717, 1.165) is 4.88 Å². The first-order valence-electron chi connectivity index (χ1n) is 5.02. The van der Waals surface area contributed by atoms with Gasteiger partial charge >= 0.3 is 0 Å². The Hall–Kier alpha value is -2.28. The van der Waals surface area contributed by atoms with Crippen molar-refractivity contribution in [3.8, 4) is 22.2 Å². The number of nitrogens with zero attached hydrogens (tertiary/aromatic N) is 3. The molecule has 2 N–H and O–H groups in total. The van der Waals surface area contributed by atoms with Gasteiger partial charge in [0.05, 0.1) is 16.0 Å². The molecule has 0 atom stereocenters. The lowest BCUT2D eigenvalue weighted by atomic mass is 10.2. The van der Waals surface area contributed by atoms with Crippen LogP contribution in [-0.2, 0) is 0 Å². The minimum absolute atomic E-state index is 0.190. The third-order valence-corrected chi connectivity index (χ3v) is 3.09. The number of thiazole rings is 1. The Morgan fingerprint density at radius 3 is 3.00 bits per heavy atom. The topological polar surface area (TPSA) is 77.8 Å². The molecule has 0 unspecified atom stereocenters. The van der Waals surface area contributed by atoms with E-state index in [-0.39, 0.29) is 5.89 Å². The summed E-state index contributed by atoms with van der Waals surface area (Å²) in [7, 11) is 0. The number of hydrogen-bond acceptors (Lipinski definition) is 6. The average molecular weight is 262 g/mol. The van der Waals surface area contributed by atoms with Crippen LogP contribution in [0, 0.1) is 5.82 Å². The van der Waals surface area contributed by atoms with Crippen LogP contribution in [-0.4, -0.2) is 15.1 Å². The smallest absolute Gasteiger partial charge is 0.260 e. The quantitative estimate of drug-likeness (QED) is 0.718. The van der Waals surface area contributed by atoms with E-state index in [4.69, 9.17) is 10.3 Å². The molecular weight excluding hydrogens is 255 g/mol. The van der Waals surface area contributed by atoms with Gasteiger partial charge in [-0.3, -0.25) is 4.98 Å². The second-order valence-corrected chi connectivity index (χ2v) is 4.41. The van der Waals surface area contributed by atoms with Crippen molar-refractivity contribution in [1.82, 2.24) is 15.1 Å². The van der Waals surface area contributed by atoms with Gasteiger partial charge in [0.2, 0.25) is 5.82 Å². The molecule has 90 valence electrons. The molecule has 5 nitrogen and oxygen atoms in total.